The van der Waals surface area contributed by atoms with Gasteiger partial charge in [0.1, 0.15) is 11.4 Å². The van der Waals surface area contributed by atoms with E-state index in [2.05, 4.69) is 9.88 Å². The van der Waals surface area contributed by atoms with Crippen molar-refractivity contribution in [2.45, 2.75) is 52.1 Å². The standard InChI is InChI=1S/C25H33FN2O3/c1-4-25(26,5-2)17-28-12-10-19(11-13-28)16-31-21-7-9-23(27-15-21)22-8-6-20(24(29)30)14-18(22)3/h6-9,14-15,19H,4-5,10-13,16-17H2,1-3H3,(H,29,30). The van der Waals surface area contributed by atoms with Gasteiger partial charge in [-0.2, -0.15) is 0 Å². The monoisotopic (exact) mass is 428 g/mol. The van der Waals surface area contributed by atoms with Crippen LogP contribution in [0.4, 0.5) is 4.39 Å². The summed E-state index contributed by atoms with van der Waals surface area (Å²) in [6.07, 6.45) is 4.89. The minimum atomic E-state index is -1.07. The number of alkyl halides is 1. The number of nitrogens with zero attached hydrogens (tertiary/aromatic N) is 2. The average Bonchev–Trinajstić information content (AvgIpc) is 2.79. The number of pyridine rings is 1. The zero-order valence-electron chi connectivity index (χ0n) is 18.7. The number of hydrogen-bond acceptors (Lipinski definition) is 4. The normalized spacial score (nSPS) is 15.7. The first-order chi connectivity index (χ1) is 14.8. The van der Waals surface area contributed by atoms with Crippen LogP contribution >= 0.6 is 0 Å². The van der Waals surface area contributed by atoms with Crippen LogP contribution in [-0.2, 0) is 0 Å². The molecule has 0 saturated carbocycles. The molecule has 168 valence electrons. The Morgan fingerprint density at radius 3 is 2.48 bits per heavy atom. The van der Waals surface area contributed by atoms with Crippen LogP contribution in [0.25, 0.3) is 11.3 Å². The van der Waals surface area contributed by atoms with Crippen LogP contribution in [0, 0.1) is 12.8 Å². The number of likely N-dealkylation sites (tertiary alicyclic amines) is 1. The molecule has 1 saturated heterocycles. The molecule has 1 aromatic carbocycles. The van der Waals surface area contributed by atoms with Crippen LogP contribution in [0.2, 0.25) is 0 Å². The highest BCUT2D eigenvalue weighted by atomic mass is 19.1. The molecule has 5 nitrogen and oxygen atoms in total. The number of halogens is 1. The van der Waals surface area contributed by atoms with Crippen LogP contribution < -0.4 is 4.74 Å². The number of piperidine rings is 1. The second-order valence-electron chi connectivity index (χ2n) is 8.60. The Kier molecular flexibility index (Phi) is 7.65. The van der Waals surface area contributed by atoms with Crippen molar-refractivity contribution in [3.63, 3.8) is 0 Å². The lowest BCUT2D eigenvalue weighted by molar-refractivity contribution is 0.0568. The van der Waals surface area contributed by atoms with Gasteiger partial charge in [-0.3, -0.25) is 4.98 Å². The van der Waals surface area contributed by atoms with Crippen LogP contribution in [0.3, 0.4) is 0 Å². The number of carboxylic acids is 1. The number of carboxylic acid groups (broad SMARTS) is 1. The molecule has 1 aliphatic heterocycles. The summed E-state index contributed by atoms with van der Waals surface area (Å²) in [5, 5.41) is 9.11. The van der Waals surface area contributed by atoms with Crippen molar-refractivity contribution in [3.8, 4) is 17.0 Å². The summed E-state index contributed by atoms with van der Waals surface area (Å²) in [4.78, 5) is 17.8. The predicted octanol–water partition coefficient (Wildman–Crippen LogP) is 5.37. The van der Waals surface area contributed by atoms with Gasteiger partial charge in [-0.1, -0.05) is 19.9 Å². The fourth-order valence-electron chi connectivity index (χ4n) is 4.11. The van der Waals surface area contributed by atoms with Gasteiger partial charge in [-0.15, -0.1) is 0 Å². The number of rotatable bonds is 9. The summed E-state index contributed by atoms with van der Waals surface area (Å²) in [7, 11) is 0. The highest BCUT2D eigenvalue weighted by Gasteiger charge is 2.30. The van der Waals surface area contributed by atoms with Crippen LogP contribution in [0.15, 0.2) is 36.5 Å². The Hall–Kier alpha value is -2.47. The SMILES string of the molecule is CCC(F)(CC)CN1CCC(COc2ccc(-c3ccc(C(=O)O)cc3C)nc2)CC1. The third kappa shape index (κ3) is 6.03. The zero-order valence-corrected chi connectivity index (χ0v) is 18.7. The fraction of sp³-hybridized carbons (Fsp3) is 0.520. The molecule has 0 radical (unpaired) electrons. The first kappa shape index (κ1) is 23.2. The van der Waals surface area contributed by atoms with Crippen molar-refractivity contribution >= 4 is 5.97 Å². The average molecular weight is 429 g/mol. The van der Waals surface area contributed by atoms with E-state index >= 15 is 0 Å². The van der Waals surface area contributed by atoms with E-state index in [1.807, 2.05) is 32.9 Å². The van der Waals surface area contributed by atoms with Crippen molar-refractivity contribution < 1.29 is 19.0 Å². The van der Waals surface area contributed by atoms with Gasteiger partial charge in [0, 0.05) is 12.1 Å². The molecule has 1 aromatic heterocycles. The molecule has 0 amide bonds. The van der Waals surface area contributed by atoms with Crippen molar-refractivity contribution in [1.29, 1.82) is 0 Å². The second kappa shape index (κ2) is 10.2. The Labute approximate surface area is 184 Å². The number of carbonyl (C=O) groups is 1. The second-order valence-corrected chi connectivity index (χ2v) is 8.60. The Morgan fingerprint density at radius 1 is 1.23 bits per heavy atom. The summed E-state index contributed by atoms with van der Waals surface area (Å²) in [6, 6.07) is 8.85. The topological polar surface area (TPSA) is 62.7 Å². The molecule has 6 heteroatoms. The van der Waals surface area contributed by atoms with Gasteiger partial charge in [0.05, 0.1) is 24.1 Å². The van der Waals surface area contributed by atoms with Gasteiger partial charge < -0.3 is 14.7 Å². The summed E-state index contributed by atoms with van der Waals surface area (Å²) in [5.74, 6) is 0.265. The molecule has 1 N–H and O–H groups in total. The minimum absolute atomic E-state index is 0.272. The van der Waals surface area contributed by atoms with Gasteiger partial charge >= 0.3 is 5.97 Å². The van der Waals surface area contributed by atoms with Crippen molar-refractivity contribution in [2.24, 2.45) is 5.92 Å². The van der Waals surface area contributed by atoms with Crippen LogP contribution in [0.1, 0.15) is 55.5 Å². The lowest BCUT2D eigenvalue weighted by Crippen LogP contribution is -2.44. The van der Waals surface area contributed by atoms with E-state index < -0.39 is 11.6 Å². The molecule has 0 atom stereocenters. The maximum atomic E-state index is 14.6. The third-order valence-corrected chi connectivity index (χ3v) is 6.45. The number of hydrogen-bond donors (Lipinski definition) is 1. The number of aromatic nitrogens is 1. The highest BCUT2D eigenvalue weighted by molar-refractivity contribution is 5.88. The molecule has 2 heterocycles. The van der Waals surface area contributed by atoms with Crippen molar-refractivity contribution in [1.82, 2.24) is 9.88 Å². The lowest BCUT2D eigenvalue weighted by Gasteiger charge is -2.36. The lowest BCUT2D eigenvalue weighted by atomic mass is 9.94. The van der Waals surface area contributed by atoms with E-state index in [4.69, 9.17) is 9.84 Å². The molecule has 0 unspecified atom stereocenters. The Bertz CT molecular complexity index is 873. The largest absolute Gasteiger partial charge is 0.492 e. The van der Waals surface area contributed by atoms with E-state index in [0.29, 0.717) is 31.9 Å². The quantitative estimate of drug-likeness (QED) is 0.581. The maximum absolute atomic E-state index is 14.6. The molecular weight excluding hydrogens is 395 g/mol. The molecule has 2 aromatic rings. The highest BCUT2D eigenvalue weighted by Crippen LogP contribution is 2.27. The number of benzene rings is 1. The zero-order chi connectivity index (χ0) is 22.4. The Balaban J connectivity index is 1.50. The number of ether oxygens (including phenoxy) is 1. The summed E-state index contributed by atoms with van der Waals surface area (Å²) in [6.45, 7) is 8.75. The Morgan fingerprint density at radius 2 is 1.94 bits per heavy atom. The first-order valence-electron chi connectivity index (χ1n) is 11.2. The van der Waals surface area contributed by atoms with E-state index in [1.165, 1.54) is 0 Å². The van der Waals surface area contributed by atoms with E-state index in [1.54, 1.807) is 24.4 Å². The van der Waals surface area contributed by atoms with E-state index in [-0.39, 0.29) is 5.56 Å². The smallest absolute Gasteiger partial charge is 0.335 e. The maximum Gasteiger partial charge on any atom is 0.335 e. The van der Waals surface area contributed by atoms with Crippen LogP contribution in [0.5, 0.6) is 5.75 Å². The molecule has 1 aliphatic rings. The van der Waals surface area contributed by atoms with Gasteiger partial charge in [0.15, 0.2) is 0 Å². The molecule has 0 aliphatic carbocycles. The van der Waals surface area contributed by atoms with Gasteiger partial charge in [-0.25, -0.2) is 9.18 Å². The van der Waals surface area contributed by atoms with Gasteiger partial charge in [-0.05, 0) is 81.4 Å². The van der Waals surface area contributed by atoms with E-state index in [9.17, 15) is 9.18 Å². The third-order valence-electron chi connectivity index (χ3n) is 6.45. The minimum Gasteiger partial charge on any atom is -0.492 e. The molecular formula is C25H33FN2O3. The first-order valence-corrected chi connectivity index (χ1v) is 11.2. The van der Waals surface area contributed by atoms with Crippen molar-refractivity contribution in [2.75, 3.05) is 26.2 Å². The van der Waals surface area contributed by atoms with Gasteiger partial charge in [0.2, 0.25) is 0 Å². The predicted molar refractivity (Wildman–Crippen MR) is 120 cm³/mol. The molecule has 0 spiro atoms. The number of aryl methyl sites for hydroxylation is 1. The van der Waals surface area contributed by atoms with E-state index in [0.717, 1.165) is 48.5 Å². The summed E-state index contributed by atoms with van der Waals surface area (Å²) in [5.41, 5.74) is 1.78. The molecule has 3 rings (SSSR count). The number of aromatic carboxylic acids is 1. The molecule has 0 bridgehead atoms. The molecule has 31 heavy (non-hydrogen) atoms. The fourth-order valence-corrected chi connectivity index (χ4v) is 4.11. The summed E-state index contributed by atoms with van der Waals surface area (Å²) < 4.78 is 20.6. The van der Waals surface area contributed by atoms with Crippen LogP contribution in [-0.4, -0.2) is 52.9 Å². The van der Waals surface area contributed by atoms with Gasteiger partial charge in [0.25, 0.3) is 0 Å². The molecule has 1 fully saturated rings. The van der Waals surface area contributed by atoms with Crippen molar-refractivity contribution in [3.05, 3.63) is 47.7 Å². The summed E-state index contributed by atoms with van der Waals surface area (Å²) >= 11 is 0.